The van der Waals surface area contributed by atoms with Crippen LogP contribution in [0.1, 0.15) is 15.9 Å². The van der Waals surface area contributed by atoms with Crippen molar-refractivity contribution in [1.29, 1.82) is 0 Å². The molecule has 4 aromatic rings. The summed E-state index contributed by atoms with van der Waals surface area (Å²) in [6, 6.07) is 24.5. The van der Waals surface area contributed by atoms with E-state index in [2.05, 4.69) is 15.6 Å². The van der Waals surface area contributed by atoms with Crippen LogP contribution >= 0.6 is 12.2 Å². The lowest BCUT2D eigenvalue weighted by molar-refractivity contribution is 0.0976. The first-order chi connectivity index (χ1) is 13.7. The van der Waals surface area contributed by atoms with E-state index in [1.807, 2.05) is 66.7 Å². The summed E-state index contributed by atoms with van der Waals surface area (Å²) >= 11 is 5.20. The van der Waals surface area contributed by atoms with Crippen molar-refractivity contribution in [1.82, 2.24) is 15.6 Å². The highest BCUT2D eigenvalue weighted by atomic mass is 32.1. The summed E-state index contributed by atoms with van der Waals surface area (Å²) in [7, 11) is 0. The van der Waals surface area contributed by atoms with E-state index in [1.54, 1.807) is 12.1 Å². The van der Waals surface area contributed by atoms with Crippen LogP contribution < -0.4 is 10.6 Å². The Hall–Kier alpha value is -3.51. The van der Waals surface area contributed by atoms with E-state index < -0.39 is 0 Å². The quantitative estimate of drug-likeness (QED) is 0.511. The van der Waals surface area contributed by atoms with Gasteiger partial charge in [0.15, 0.2) is 10.7 Å². The monoisotopic (exact) mass is 387 g/mol. The first kappa shape index (κ1) is 17.9. The number of thiocarbonyl (C=S) groups is 1. The van der Waals surface area contributed by atoms with Gasteiger partial charge in [0.05, 0.1) is 0 Å². The summed E-state index contributed by atoms with van der Waals surface area (Å²) in [4.78, 5) is 16.6. The van der Waals surface area contributed by atoms with Gasteiger partial charge in [-0.3, -0.25) is 10.1 Å². The largest absolute Gasteiger partial charge is 0.436 e. The van der Waals surface area contributed by atoms with Crippen molar-refractivity contribution in [3.05, 3.63) is 90.0 Å². The molecule has 0 radical (unpaired) electrons. The van der Waals surface area contributed by atoms with E-state index in [9.17, 15) is 4.79 Å². The van der Waals surface area contributed by atoms with Crippen LogP contribution in [0.4, 0.5) is 0 Å². The third-order valence-electron chi connectivity index (χ3n) is 4.21. The summed E-state index contributed by atoms with van der Waals surface area (Å²) < 4.78 is 5.78. The molecule has 2 N–H and O–H groups in total. The van der Waals surface area contributed by atoms with E-state index in [-0.39, 0.29) is 11.0 Å². The van der Waals surface area contributed by atoms with Crippen molar-refractivity contribution in [2.45, 2.75) is 6.54 Å². The Morgan fingerprint density at radius 2 is 1.64 bits per heavy atom. The first-order valence-electron chi connectivity index (χ1n) is 8.78. The molecule has 1 amide bonds. The van der Waals surface area contributed by atoms with Gasteiger partial charge in [0.1, 0.15) is 5.52 Å². The molecule has 0 spiro atoms. The predicted octanol–water partition coefficient (Wildman–Crippen LogP) is 4.30. The number of amides is 1. The second-order valence-electron chi connectivity index (χ2n) is 6.19. The minimum atomic E-state index is -0.232. The number of carbonyl (C=O) groups is 1. The van der Waals surface area contributed by atoms with Crippen LogP contribution in [0.2, 0.25) is 0 Å². The Morgan fingerprint density at radius 1 is 0.929 bits per heavy atom. The lowest BCUT2D eigenvalue weighted by atomic mass is 10.1. The molecule has 6 heteroatoms. The van der Waals surface area contributed by atoms with Crippen molar-refractivity contribution in [3.63, 3.8) is 0 Å². The fourth-order valence-corrected chi connectivity index (χ4v) is 2.92. The van der Waals surface area contributed by atoms with Crippen molar-refractivity contribution in [3.8, 4) is 11.5 Å². The minimum absolute atomic E-state index is 0.232. The lowest BCUT2D eigenvalue weighted by Gasteiger charge is -2.10. The van der Waals surface area contributed by atoms with Crippen LogP contribution in [0.15, 0.2) is 83.3 Å². The van der Waals surface area contributed by atoms with E-state index in [1.165, 1.54) is 0 Å². The Balaban J connectivity index is 1.35. The number of rotatable bonds is 4. The first-order valence-corrected chi connectivity index (χ1v) is 9.19. The molecule has 0 fully saturated rings. The van der Waals surface area contributed by atoms with E-state index in [0.29, 0.717) is 18.0 Å². The molecule has 1 aromatic heterocycles. The number of nitrogens with one attached hydrogen (secondary N) is 2. The van der Waals surface area contributed by atoms with Gasteiger partial charge in [0, 0.05) is 17.7 Å². The van der Waals surface area contributed by atoms with Crippen LogP contribution in [0.5, 0.6) is 0 Å². The topological polar surface area (TPSA) is 67.2 Å². The van der Waals surface area contributed by atoms with E-state index in [0.717, 1.165) is 22.2 Å². The van der Waals surface area contributed by atoms with Gasteiger partial charge < -0.3 is 9.73 Å². The zero-order valence-electron chi connectivity index (χ0n) is 14.9. The van der Waals surface area contributed by atoms with Gasteiger partial charge in [0.25, 0.3) is 5.91 Å². The SMILES string of the molecule is O=C(NC(=S)NCc1ccc(-c2nc3ccccc3o2)cc1)c1ccccc1. The smallest absolute Gasteiger partial charge is 0.257 e. The molecule has 0 aliphatic carbocycles. The molecule has 4 rings (SSSR count). The molecule has 0 bridgehead atoms. The van der Waals surface area contributed by atoms with Gasteiger partial charge >= 0.3 is 0 Å². The summed E-state index contributed by atoms with van der Waals surface area (Å²) in [6.45, 7) is 0.502. The molecule has 0 saturated heterocycles. The van der Waals surface area contributed by atoms with Crippen LogP contribution in [0, 0.1) is 0 Å². The molecular weight excluding hydrogens is 370 g/mol. The standard InChI is InChI=1S/C22H17N3O2S/c26-20(16-6-2-1-3-7-16)25-22(28)23-14-15-10-12-17(13-11-15)21-24-18-8-4-5-9-19(18)27-21/h1-13H,14H2,(H2,23,25,26,28). The molecule has 28 heavy (non-hydrogen) atoms. The Morgan fingerprint density at radius 3 is 2.39 bits per heavy atom. The van der Waals surface area contributed by atoms with Crippen molar-refractivity contribution in [2.75, 3.05) is 0 Å². The zero-order valence-corrected chi connectivity index (χ0v) is 15.7. The van der Waals surface area contributed by atoms with E-state index >= 15 is 0 Å². The number of hydrogen-bond acceptors (Lipinski definition) is 4. The average Bonchev–Trinajstić information content (AvgIpc) is 3.17. The van der Waals surface area contributed by atoms with Crippen LogP contribution in [0.25, 0.3) is 22.6 Å². The van der Waals surface area contributed by atoms with Gasteiger partial charge in [-0.15, -0.1) is 0 Å². The molecule has 0 atom stereocenters. The number of benzene rings is 3. The highest BCUT2D eigenvalue weighted by Crippen LogP contribution is 2.24. The number of fused-ring (bicyclic) bond motifs is 1. The normalized spacial score (nSPS) is 10.6. The third kappa shape index (κ3) is 4.07. The predicted molar refractivity (Wildman–Crippen MR) is 113 cm³/mol. The van der Waals surface area contributed by atoms with Crippen molar-refractivity contribution < 1.29 is 9.21 Å². The number of aromatic nitrogens is 1. The Bertz CT molecular complexity index is 1090. The van der Waals surface area contributed by atoms with Gasteiger partial charge in [-0.1, -0.05) is 42.5 Å². The molecular formula is C22H17N3O2S. The second kappa shape index (κ2) is 8.02. The lowest BCUT2D eigenvalue weighted by Crippen LogP contribution is -2.38. The summed E-state index contributed by atoms with van der Waals surface area (Å²) in [5.74, 6) is 0.357. The number of para-hydroxylation sites is 2. The molecule has 3 aromatic carbocycles. The molecule has 0 saturated carbocycles. The summed E-state index contributed by atoms with van der Waals surface area (Å²) in [5.41, 5.74) is 4.09. The number of nitrogens with zero attached hydrogens (tertiary/aromatic N) is 1. The molecule has 1 heterocycles. The van der Waals surface area contributed by atoms with Gasteiger partial charge in [0.2, 0.25) is 5.89 Å². The minimum Gasteiger partial charge on any atom is -0.436 e. The van der Waals surface area contributed by atoms with E-state index in [4.69, 9.17) is 16.6 Å². The maximum Gasteiger partial charge on any atom is 0.257 e. The zero-order chi connectivity index (χ0) is 19.3. The molecule has 0 unspecified atom stereocenters. The summed E-state index contributed by atoms with van der Waals surface area (Å²) in [6.07, 6.45) is 0. The molecule has 0 aliphatic rings. The van der Waals surface area contributed by atoms with Crippen molar-refractivity contribution >= 4 is 34.3 Å². The molecule has 5 nitrogen and oxygen atoms in total. The Labute approximate surface area is 167 Å². The summed E-state index contributed by atoms with van der Waals surface area (Å²) in [5, 5.41) is 6.00. The fraction of sp³-hybridized carbons (Fsp3) is 0.0455. The fourth-order valence-electron chi connectivity index (χ4n) is 2.75. The van der Waals surface area contributed by atoms with Crippen LogP contribution in [-0.2, 0) is 6.54 Å². The highest BCUT2D eigenvalue weighted by Gasteiger charge is 2.09. The van der Waals surface area contributed by atoms with Crippen LogP contribution in [0.3, 0.4) is 0 Å². The molecule has 0 aliphatic heterocycles. The number of hydrogen-bond donors (Lipinski definition) is 2. The van der Waals surface area contributed by atoms with Crippen molar-refractivity contribution in [2.24, 2.45) is 0 Å². The number of oxazole rings is 1. The molecule has 138 valence electrons. The number of carbonyl (C=O) groups excluding carboxylic acids is 1. The van der Waals surface area contributed by atoms with Gasteiger partial charge in [-0.25, -0.2) is 4.98 Å². The van der Waals surface area contributed by atoms with Crippen LogP contribution in [-0.4, -0.2) is 16.0 Å². The Kier molecular flexibility index (Phi) is 5.12. The maximum absolute atomic E-state index is 12.1. The third-order valence-corrected chi connectivity index (χ3v) is 4.46. The highest BCUT2D eigenvalue weighted by molar-refractivity contribution is 7.80. The van der Waals surface area contributed by atoms with Gasteiger partial charge in [-0.2, -0.15) is 0 Å². The van der Waals surface area contributed by atoms with Gasteiger partial charge in [-0.05, 0) is 54.2 Å². The maximum atomic E-state index is 12.1. The average molecular weight is 387 g/mol. The second-order valence-corrected chi connectivity index (χ2v) is 6.59.